The highest BCUT2D eigenvalue weighted by Crippen LogP contribution is 2.36. The summed E-state index contributed by atoms with van der Waals surface area (Å²) in [4.78, 5) is 167. The van der Waals surface area contributed by atoms with Gasteiger partial charge in [0.05, 0.1) is 30.2 Å². The molecule has 22 nitrogen and oxygen atoms in total. The van der Waals surface area contributed by atoms with Crippen molar-refractivity contribution in [2.45, 2.75) is 206 Å². The summed E-state index contributed by atoms with van der Waals surface area (Å²) in [6.45, 7) is 14.0. The average molecular weight is 1280 g/mol. The molecule has 2 aliphatic heterocycles. The van der Waals surface area contributed by atoms with Gasteiger partial charge in [-0.15, -0.1) is 0 Å². The summed E-state index contributed by atoms with van der Waals surface area (Å²) in [5, 5.41) is 10.7. The topological polar surface area (TPSA) is 259 Å². The monoisotopic (exact) mass is 1280 g/mol. The molecular formula is C63H99ClF3N11O11. The highest BCUT2D eigenvalue weighted by Gasteiger charge is 2.46. The van der Waals surface area contributed by atoms with Crippen LogP contribution in [0, 0.1) is 23.7 Å². The molecule has 1 saturated carbocycles. The lowest BCUT2D eigenvalue weighted by atomic mass is 9.84. The van der Waals surface area contributed by atoms with E-state index in [9.17, 15) is 65.9 Å². The lowest BCUT2D eigenvalue weighted by Gasteiger charge is -2.39. The Morgan fingerprint density at radius 1 is 0.674 bits per heavy atom. The van der Waals surface area contributed by atoms with Crippen LogP contribution in [0.5, 0.6) is 0 Å². The third kappa shape index (κ3) is 20.2. The summed E-state index contributed by atoms with van der Waals surface area (Å²) in [5.74, 6) is -8.09. The number of halogens is 4. The Labute approximate surface area is 528 Å². The first-order valence-electron chi connectivity index (χ1n) is 31.4. The van der Waals surface area contributed by atoms with E-state index in [1.807, 2.05) is 20.8 Å². The molecular weight excluding hydrogens is 1180 g/mol. The fourth-order valence-corrected chi connectivity index (χ4v) is 12.4. The van der Waals surface area contributed by atoms with Crippen molar-refractivity contribution in [3.8, 4) is 0 Å². The maximum absolute atomic E-state index is 14.9. The number of alkyl halides is 3. The molecule has 1 aliphatic carbocycles. The number of rotatable bonds is 11. The molecule has 0 bridgehead atoms. The number of nitrogens with zero attached hydrogens (tertiary/aromatic N) is 7. The van der Waals surface area contributed by atoms with Gasteiger partial charge in [-0.1, -0.05) is 105 Å². The van der Waals surface area contributed by atoms with Crippen molar-refractivity contribution in [1.82, 2.24) is 55.6 Å². The normalized spacial score (nSPS) is 26.8. The SMILES string of the molecule is CCC(C)[C@@H]1NC(=O)[C@H](CC(C)C)N(C)C(=O)C[C@@H](C)NC(=O)[C@H](C(C)C)N(C)C(=O)[C@@](C)(CC)NC(=O)[C@@H]2CCCN2C(=O)[C@H](CCc2ccc(C(F)(F)F)c(Cl)c2)NC(=O)CN(C)C(=O)[C@H](CC2CCCCC2)N(C)C(=O)CN(C)C(=O)CN(C)C1=O. The molecule has 3 aliphatic rings. The molecule has 4 rings (SSSR count). The van der Waals surface area contributed by atoms with Crippen LogP contribution in [0.25, 0.3) is 0 Å². The van der Waals surface area contributed by atoms with Crippen molar-refractivity contribution < 1.29 is 65.9 Å². The standard InChI is InChI=1S/C63H99ClF3N11O11/c1-16-39(7)53-60(88)74(12)35-51(81)72(10)36-52(82)76(14)48(33-41-22-19-18-20-23-41)59(87)73(11)34-49(79)69-45(28-26-42-25-27-43(44(64)32-42)63(65,66)67)58(86)78-29-21-24-46(78)56(84)71-62(9,17-2)61(89)77(15)54(38(5)6)57(85)68-40(8)31-50(80)75(13)47(30-37(3)4)55(83)70-53/h25,27,32,37-41,45-48,53-54H,16-24,26,28-31,33-36H2,1-15H3,(H,68,85)(H,69,79)(H,70,83)(H,71,84)/t39?,40-,45+,46+,47+,48+,53+,54+,62-/m1/s1. The first-order chi connectivity index (χ1) is 41.5. The minimum absolute atomic E-state index is 0.0307. The van der Waals surface area contributed by atoms with Crippen LogP contribution in [0.1, 0.15) is 157 Å². The molecule has 1 unspecified atom stereocenters. The molecule has 0 spiro atoms. The molecule has 26 heteroatoms. The predicted octanol–water partition coefficient (Wildman–Crippen LogP) is 5.02. The van der Waals surface area contributed by atoms with Gasteiger partial charge in [0.1, 0.15) is 41.8 Å². The molecule has 2 heterocycles. The number of carbonyl (C=O) groups excluding carboxylic acids is 11. The molecule has 500 valence electrons. The molecule has 1 aromatic rings. The number of aryl methyl sites for hydroxylation is 1. The third-order valence-electron chi connectivity index (χ3n) is 18.0. The Morgan fingerprint density at radius 3 is 1.85 bits per heavy atom. The van der Waals surface area contributed by atoms with E-state index in [0.29, 0.717) is 18.4 Å². The highest BCUT2D eigenvalue weighted by molar-refractivity contribution is 6.31. The van der Waals surface area contributed by atoms with Crippen LogP contribution in [-0.4, -0.2) is 216 Å². The van der Waals surface area contributed by atoms with Crippen LogP contribution in [0.3, 0.4) is 0 Å². The number of amides is 11. The zero-order valence-corrected chi connectivity index (χ0v) is 55.7. The van der Waals surface area contributed by atoms with Crippen LogP contribution in [0.4, 0.5) is 13.2 Å². The second-order valence-corrected chi connectivity index (χ2v) is 26.4. The Balaban J connectivity index is 1.80. The molecule has 1 aromatic carbocycles. The quantitative estimate of drug-likeness (QED) is 0.229. The van der Waals surface area contributed by atoms with Crippen molar-refractivity contribution in [3.63, 3.8) is 0 Å². The van der Waals surface area contributed by atoms with Gasteiger partial charge in [-0.2, -0.15) is 13.2 Å². The van der Waals surface area contributed by atoms with Gasteiger partial charge in [-0.3, -0.25) is 52.7 Å². The van der Waals surface area contributed by atoms with Gasteiger partial charge in [0, 0.05) is 61.3 Å². The van der Waals surface area contributed by atoms with Crippen LogP contribution in [0.2, 0.25) is 5.02 Å². The van der Waals surface area contributed by atoms with Gasteiger partial charge < -0.3 is 55.6 Å². The minimum atomic E-state index is -4.75. The number of nitrogens with one attached hydrogen (secondary N) is 4. The summed E-state index contributed by atoms with van der Waals surface area (Å²) in [6, 6.07) is -4.71. The zero-order valence-electron chi connectivity index (χ0n) is 54.9. The predicted molar refractivity (Wildman–Crippen MR) is 330 cm³/mol. The zero-order chi connectivity index (χ0) is 67.2. The lowest BCUT2D eigenvalue weighted by molar-refractivity contribution is -0.149. The molecule has 11 amide bonds. The summed E-state index contributed by atoms with van der Waals surface area (Å²) in [7, 11) is 8.47. The van der Waals surface area contributed by atoms with E-state index in [-0.39, 0.29) is 63.3 Å². The first-order valence-corrected chi connectivity index (χ1v) is 31.8. The molecule has 4 N–H and O–H groups in total. The number of hydrogen-bond acceptors (Lipinski definition) is 11. The third-order valence-corrected chi connectivity index (χ3v) is 18.3. The summed E-state index contributed by atoms with van der Waals surface area (Å²) in [6.07, 6.45) is 0.468. The fraction of sp³-hybridized carbons (Fsp3) is 0.730. The maximum Gasteiger partial charge on any atom is 0.417 e. The highest BCUT2D eigenvalue weighted by atomic mass is 35.5. The number of benzene rings is 1. The number of fused-ring (bicyclic) bond motifs is 1. The van der Waals surface area contributed by atoms with Crippen molar-refractivity contribution in [3.05, 3.63) is 34.3 Å². The largest absolute Gasteiger partial charge is 0.417 e. The number of likely N-dealkylation sites (N-methyl/N-ethyl adjacent to an activating group) is 6. The summed E-state index contributed by atoms with van der Waals surface area (Å²) < 4.78 is 41.2. The van der Waals surface area contributed by atoms with E-state index in [2.05, 4.69) is 21.3 Å². The van der Waals surface area contributed by atoms with Gasteiger partial charge in [0.15, 0.2) is 0 Å². The van der Waals surface area contributed by atoms with Gasteiger partial charge in [0.2, 0.25) is 65.0 Å². The molecule has 0 radical (unpaired) electrons. The van der Waals surface area contributed by atoms with Crippen molar-refractivity contribution in [2.24, 2.45) is 23.7 Å². The van der Waals surface area contributed by atoms with Crippen LogP contribution < -0.4 is 21.3 Å². The van der Waals surface area contributed by atoms with Crippen molar-refractivity contribution >= 4 is 76.6 Å². The maximum atomic E-state index is 14.9. The molecule has 3 fully saturated rings. The van der Waals surface area contributed by atoms with E-state index >= 15 is 0 Å². The van der Waals surface area contributed by atoms with E-state index in [0.717, 1.165) is 58.9 Å². The van der Waals surface area contributed by atoms with E-state index < -0.39 is 161 Å². The van der Waals surface area contributed by atoms with E-state index in [1.165, 1.54) is 74.9 Å². The molecule has 89 heavy (non-hydrogen) atoms. The smallest absolute Gasteiger partial charge is 0.351 e. The van der Waals surface area contributed by atoms with Crippen LogP contribution in [-0.2, 0) is 65.3 Å². The Morgan fingerprint density at radius 2 is 1.28 bits per heavy atom. The molecule has 0 aromatic heterocycles. The second-order valence-electron chi connectivity index (χ2n) is 26.0. The average Bonchev–Trinajstić information content (AvgIpc) is 2.26. The number of hydrogen-bond donors (Lipinski definition) is 4. The Bertz CT molecular complexity index is 2710. The Kier molecular flexibility index (Phi) is 27.8. The van der Waals surface area contributed by atoms with Gasteiger partial charge in [-0.05, 0) is 100 Å². The minimum Gasteiger partial charge on any atom is -0.351 e. The summed E-state index contributed by atoms with van der Waals surface area (Å²) in [5.41, 5.74) is -2.42. The van der Waals surface area contributed by atoms with Crippen molar-refractivity contribution in [1.29, 1.82) is 0 Å². The summed E-state index contributed by atoms with van der Waals surface area (Å²) >= 11 is 6.09. The lowest BCUT2D eigenvalue weighted by Crippen LogP contribution is -2.64. The molecule has 9 atom stereocenters. The number of carbonyl (C=O) groups is 11. The first kappa shape index (κ1) is 74.9. The van der Waals surface area contributed by atoms with Crippen molar-refractivity contribution in [2.75, 3.05) is 68.5 Å². The van der Waals surface area contributed by atoms with Crippen LogP contribution in [0.15, 0.2) is 18.2 Å². The second kappa shape index (κ2) is 33.0. The van der Waals surface area contributed by atoms with Crippen LogP contribution >= 0.6 is 11.6 Å². The Hall–Kier alpha value is -6.53. The fourth-order valence-electron chi connectivity index (χ4n) is 12.1. The van der Waals surface area contributed by atoms with Gasteiger partial charge >= 0.3 is 6.18 Å². The van der Waals surface area contributed by atoms with Gasteiger partial charge in [-0.25, -0.2) is 0 Å². The van der Waals surface area contributed by atoms with Gasteiger partial charge in [0.25, 0.3) is 0 Å². The van der Waals surface area contributed by atoms with E-state index in [1.54, 1.807) is 34.6 Å². The molecule has 2 saturated heterocycles. The van der Waals surface area contributed by atoms with E-state index in [4.69, 9.17) is 11.6 Å².